The second kappa shape index (κ2) is 8.62. The Balaban J connectivity index is 2.56. The summed E-state index contributed by atoms with van der Waals surface area (Å²) < 4.78 is 2.15. The van der Waals surface area contributed by atoms with Gasteiger partial charge in [0.25, 0.3) is 0 Å². The highest BCUT2D eigenvalue weighted by Gasteiger charge is 2.07. The number of unbranched alkanes of at least 4 members (excludes halogenated alkanes) is 2. The van der Waals surface area contributed by atoms with Crippen molar-refractivity contribution in [3.05, 3.63) is 24.0 Å². The van der Waals surface area contributed by atoms with E-state index >= 15 is 0 Å². The lowest BCUT2D eigenvalue weighted by molar-refractivity contribution is 0.461. The Morgan fingerprint density at radius 1 is 1.37 bits per heavy atom. The van der Waals surface area contributed by atoms with Gasteiger partial charge in [0.2, 0.25) is 0 Å². The van der Waals surface area contributed by atoms with E-state index in [-0.39, 0.29) is 0 Å². The summed E-state index contributed by atoms with van der Waals surface area (Å²) in [6.07, 6.45) is 5.74. The van der Waals surface area contributed by atoms with Crippen molar-refractivity contribution in [3.63, 3.8) is 0 Å². The van der Waals surface area contributed by atoms with Crippen LogP contribution in [-0.2, 0) is 13.6 Å². The Hall–Kier alpha value is -1.45. The number of rotatable bonds is 7. The van der Waals surface area contributed by atoms with Gasteiger partial charge in [-0.3, -0.25) is 4.99 Å². The minimum absolute atomic E-state index is 0.878. The zero-order valence-corrected chi connectivity index (χ0v) is 12.8. The molecule has 1 N–H and O–H groups in total. The highest BCUT2D eigenvalue weighted by Crippen LogP contribution is 2.04. The summed E-state index contributed by atoms with van der Waals surface area (Å²) in [4.78, 5) is 6.87. The summed E-state index contributed by atoms with van der Waals surface area (Å²) in [6, 6.07) is 4.23. The molecule has 0 aromatic carbocycles. The van der Waals surface area contributed by atoms with Crippen LogP contribution in [-0.4, -0.2) is 35.6 Å². The Morgan fingerprint density at radius 2 is 2.16 bits per heavy atom. The van der Waals surface area contributed by atoms with Crippen LogP contribution in [0.15, 0.2) is 23.3 Å². The molecule has 1 aromatic rings. The molecule has 19 heavy (non-hydrogen) atoms. The summed E-state index contributed by atoms with van der Waals surface area (Å²) >= 11 is 0. The molecule has 0 aliphatic rings. The van der Waals surface area contributed by atoms with Gasteiger partial charge in [-0.2, -0.15) is 0 Å². The maximum absolute atomic E-state index is 4.68. The van der Waals surface area contributed by atoms with Crippen LogP contribution in [0.25, 0.3) is 0 Å². The lowest BCUT2D eigenvalue weighted by Gasteiger charge is -2.22. The van der Waals surface area contributed by atoms with Crippen LogP contribution in [0.3, 0.4) is 0 Å². The largest absolute Gasteiger partial charge is 0.357 e. The van der Waals surface area contributed by atoms with Crippen molar-refractivity contribution in [1.82, 2.24) is 14.8 Å². The summed E-state index contributed by atoms with van der Waals surface area (Å²) in [5.74, 6) is 1.000. The number of aryl methyl sites for hydroxylation is 1. The smallest absolute Gasteiger partial charge is 0.194 e. The van der Waals surface area contributed by atoms with E-state index in [4.69, 9.17) is 0 Å². The molecule has 0 fully saturated rings. The molecule has 0 saturated heterocycles. The number of nitrogens with zero attached hydrogens (tertiary/aromatic N) is 3. The third-order valence-corrected chi connectivity index (χ3v) is 3.17. The summed E-state index contributed by atoms with van der Waals surface area (Å²) in [5.41, 5.74) is 1.29. The topological polar surface area (TPSA) is 32.6 Å². The van der Waals surface area contributed by atoms with Crippen molar-refractivity contribution >= 4 is 5.96 Å². The molecule has 108 valence electrons. The molecule has 1 rings (SSSR count). The van der Waals surface area contributed by atoms with Gasteiger partial charge < -0.3 is 14.8 Å². The highest BCUT2D eigenvalue weighted by molar-refractivity contribution is 5.79. The monoisotopic (exact) mass is 264 g/mol. The van der Waals surface area contributed by atoms with Gasteiger partial charge in [-0.1, -0.05) is 19.8 Å². The number of hydrogen-bond donors (Lipinski definition) is 1. The van der Waals surface area contributed by atoms with Crippen molar-refractivity contribution in [2.45, 2.75) is 39.7 Å². The maximum atomic E-state index is 4.68. The number of guanidine groups is 1. The number of aliphatic imine (C=N–C) groups is 1. The lowest BCUT2D eigenvalue weighted by Crippen LogP contribution is -2.38. The summed E-state index contributed by atoms with van der Waals surface area (Å²) in [5, 5.41) is 3.36. The van der Waals surface area contributed by atoms with Gasteiger partial charge in [-0.05, 0) is 25.5 Å². The fourth-order valence-corrected chi connectivity index (χ4v) is 2.00. The number of aromatic nitrogens is 1. The van der Waals surface area contributed by atoms with Crippen LogP contribution in [0.5, 0.6) is 0 Å². The zero-order chi connectivity index (χ0) is 14.1. The lowest BCUT2D eigenvalue weighted by atomic mass is 10.2. The van der Waals surface area contributed by atoms with Gasteiger partial charge >= 0.3 is 0 Å². The number of nitrogens with one attached hydrogen (secondary N) is 1. The maximum Gasteiger partial charge on any atom is 0.194 e. The molecule has 0 spiro atoms. The molecule has 4 nitrogen and oxygen atoms in total. The minimum atomic E-state index is 0.878. The highest BCUT2D eigenvalue weighted by atomic mass is 15.3. The summed E-state index contributed by atoms with van der Waals surface area (Å²) in [7, 11) is 4.17. The average Bonchev–Trinajstić information content (AvgIpc) is 2.79. The standard InChI is InChI=1S/C15H28N4/c1-5-7-8-11-17-15(16-6-2)19(4)13-14-10-9-12-18(14)3/h9-10,12H,5-8,11,13H2,1-4H3,(H,16,17). The minimum Gasteiger partial charge on any atom is -0.357 e. The third-order valence-electron chi connectivity index (χ3n) is 3.17. The molecule has 0 bridgehead atoms. The average molecular weight is 264 g/mol. The van der Waals surface area contributed by atoms with Crippen LogP contribution in [0, 0.1) is 0 Å². The van der Waals surface area contributed by atoms with Gasteiger partial charge in [0, 0.05) is 39.1 Å². The van der Waals surface area contributed by atoms with Crippen LogP contribution < -0.4 is 5.32 Å². The molecule has 0 atom stereocenters. The van der Waals surface area contributed by atoms with Gasteiger partial charge in [-0.25, -0.2) is 0 Å². The quantitative estimate of drug-likeness (QED) is 0.466. The molecular weight excluding hydrogens is 236 g/mol. The molecule has 1 aromatic heterocycles. The van der Waals surface area contributed by atoms with E-state index < -0.39 is 0 Å². The van der Waals surface area contributed by atoms with E-state index in [9.17, 15) is 0 Å². The van der Waals surface area contributed by atoms with Gasteiger partial charge in [-0.15, -0.1) is 0 Å². The molecule has 0 radical (unpaired) electrons. The Morgan fingerprint density at radius 3 is 2.74 bits per heavy atom. The van der Waals surface area contributed by atoms with Crippen molar-refractivity contribution in [3.8, 4) is 0 Å². The van der Waals surface area contributed by atoms with Crippen molar-refractivity contribution in [2.24, 2.45) is 12.0 Å². The van der Waals surface area contributed by atoms with Crippen LogP contribution >= 0.6 is 0 Å². The molecule has 0 amide bonds. The Kier molecular flexibility index (Phi) is 7.08. The first-order valence-electron chi connectivity index (χ1n) is 7.28. The van der Waals surface area contributed by atoms with E-state index in [1.54, 1.807) is 0 Å². The van der Waals surface area contributed by atoms with Gasteiger partial charge in [0.05, 0.1) is 6.54 Å². The second-order valence-electron chi connectivity index (χ2n) is 4.91. The summed E-state index contributed by atoms with van der Waals surface area (Å²) in [6.45, 7) is 7.02. The first kappa shape index (κ1) is 15.6. The zero-order valence-electron chi connectivity index (χ0n) is 12.8. The van der Waals surface area contributed by atoms with E-state index in [0.29, 0.717) is 0 Å². The number of hydrogen-bond acceptors (Lipinski definition) is 1. The second-order valence-corrected chi connectivity index (χ2v) is 4.91. The van der Waals surface area contributed by atoms with E-state index in [1.807, 2.05) is 0 Å². The Bertz CT molecular complexity index is 381. The molecule has 1 heterocycles. The molecular formula is C15H28N4. The van der Waals surface area contributed by atoms with E-state index in [1.165, 1.54) is 25.0 Å². The van der Waals surface area contributed by atoms with Gasteiger partial charge in [0.15, 0.2) is 5.96 Å². The predicted octanol–water partition coefficient (Wildman–Crippen LogP) is 2.61. The van der Waals surface area contributed by atoms with Crippen molar-refractivity contribution in [2.75, 3.05) is 20.1 Å². The van der Waals surface area contributed by atoms with Crippen LogP contribution in [0.1, 0.15) is 38.8 Å². The van der Waals surface area contributed by atoms with Crippen molar-refractivity contribution in [1.29, 1.82) is 0 Å². The first-order valence-corrected chi connectivity index (χ1v) is 7.28. The Labute approximate surface area is 117 Å². The van der Waals surface area contributed by atoms with E-state index in [2.05, 4.69) is 66.0 Å². The normalized spacial score (nSPS) is 11.7. The third kappa shape index (κ3) is 5.37. The molecule has 0 aliphatic carbocycles. The van der Waals surface area contributed by atoms with Gasteiger partial charge in [0.1, 0.15) is 0 Å². The van der Waals surface area contributed by atoms with Crippen LogP contribution in [0.2, 0.25) is 0 Å². The molecule has 0 unspecified atom stereocenters. The first-order chi connectivity index (χ1) is 9.19. The fraction of sp³-hybridized carbons (Fsp3) is 0.667. The molecule has 4 heteroatoms. The van der Waals surface area contributed by atoms with Crippen LogP contribution in [0.4, 0.5) is 0 Å². The predicted molar refractivity (Wildman–Crippen MR) is 82.4 cm³/mol. The molecule has 0 aliphatic heterocycles. The molecule has 0 saturated carbocycles. The van der Waals surface area contributed by atoms with Crippen molar-refractivity contribution < 1.29 is 0 Å². The SMILES string of the molecule is CCCCCN=C(NCC)N(C)Cc1cccn1C. The van der Waals surface area contributed by atoms with E-state index in [0.717, 1.165) is 25.6 Å². The fourth-order valence-electron chi connectivity index (χ4n) is 2.00.